The number of carbonyl (C=O) groups is 3. The van der Waals surface area contributed by atoms with Gasteiger partial charge < -0.3 is 9.53 Å². The molecule has 0 N–H and O–H groups in total. The average molecular weight is 250 g/mol. The minimum Gasteiger partial charge on any atom is -0.466 e. The zero-order valence-electron chi connectivity index (χ0n) is 13.9. The highest BCUT2D eigenvalue weighted by molar-refractivity contribution is 5.70. The van der Waals surface area contributed by atoms with Gasteiger partial charge in [-0.3, -0.25) is 9.68 Å². The molecule has 6 nitrogen and oxygen atoms in total. The van der Waals surface area contributed by atoms with Crippen LogP contribution in [0, 0.1) is 11.8 Å². The third-order valence-corrected chi connectivity index (χ3v) is 1.60. The van der Waals surface area contributed by atoms with Crippen LogP contribution >= 0.6 is 0 Å². The summed E-state index contributed by atoms with van der Waals surface area (Å²) < 4.78 is 35.2. The molecule has 0 aliphatic rings. The molecule has 0 fully saturated rings. The summed E-state index contributed by atoms with van der Waals surface area (Å²) in [5, 5.41) is 0. The predicted molar refractivity (Wildman–Crippen MR) is 57.7 cm³/mol. The first kappa shape index (κ1) is 9.58. The van der Waals surface area contributed by atoms with Crippen LogP contribution in [0.25, 0.3) is 0 Å². The number of ether oxygens (including phenoxy) is 1. The smallest absolute Gasteiger partial charge is 0.342 e. The highest BCUT2D eigenvalue weighted by Crippen LogP contribution is 2.15. The van der Waals surface area contributed by atoms with Gasteiger partial charge in [0.1, 0.15) is 6.29 Å². The van der Waals surface area contributed by atoms with E-state index in [9.17, 15) is 14.4 Å². The van der Waals surface area contributed by atoms with E-state index in [0.717, 1.165) is 6.92 Å². The Labute approximate surface area is 106 Å². The van der Waals surface area contributed by atoms with Crippen molar-refractivity contribution in [2.24, 2.45) is 11.8 Å². The maximum Gasteiger partial charge on any atom is 0.342 e. The lowest BCUT2D eigenvalue weighted by molar-refractivity contribution is -0.270. The summed E-state index contributed by atoms with van der Waals surface area (Å²) >= 11 is 0. The van der Waals surface area contributed by atoms with Crippen LogP contribution in [0.2, 0.25) is 0 Å². The second-order valence-electron chi connectivity index (χ2n) is 3.11. The maximum atomic E-state index is 11.7. The van der Waals surface area contributed by atoms with Gasteiger partial charge in [-0.15, -0.1) is 0 Å². The van der Waals surface area contributed by atoms with Crippen LogP contribution in [0.4, 0.5) is 0 Å². The van der Waals surface area contributed by atoms with Crippen molar-refractivity contribution in [2.75, 3.05) is 13.2 Å². The fourth-order valence-corrected chi connectivity index (χ4v) is 0.757. The maximum absolute atomic E-state index is 11.7. The summed E-state index contributed by atoms with van der Waals surface area (Å²) in [6.45, 7) is 0.694. The van der Waals surface area contributed by atoms with E-state index < -0.39 is 36.7 Å². The number of hydrogen-bond acceptors (Lipinski definition) is 6. The van der Waals surface area contributed by atoms with E-state index in [2.05, 4.69) is 14.5 Å². The minimum absolute atomic E-state index is 0.0352. The van der Waals surface area contributed by atoms with Crippen LogP contribution < -0.4 is 0 Å². The van der Waals surface area contributed by atoms with Gasteiger partial charge in [-0.1, -0.05) is 6.92 Å². The van der Waals surface area contributed by atoms with E-state index in [1.165, 1.54) is 13.8 Å². The quantitative estimate of drug-likeness (QED) is 0.275. The first-order valence-corrected chi connectivity index (χ1v) is 4.99. The van der Waals surface area contributed by atoms with Gasteiger partial charge in [-0.25, -0.2) is 4.79 Å². The first-order chi connectivity index (χ1) is 9.50. The topological polar surface area (TPSA) is 78.9 Å². The molecule has 98 valence electrons. The lowest BCUT2D eigenvalue weighted by atomic mass is 9.93. The molecule has 0 saturated heterocycles. The molecule has 0 aliphatic heterocycles. The van der Waals surface area contributed by atoms with Crippen molar-refractivity contribution >= 4 is 18.2 Å². The summed E-state index contributed by atoms with van der Waals surface area (Å²) in [7, 11) is 0. The SMILES string of the molecule is [2H]C([2H])(OC(C)=O)C(C(C)C=O)C([2H])([2H])C(=O)OOCC. The third-order valence-electron chi connectivity index (χ3n) is 1.60. The normalized spacial score (nSPS) is 18.8. The van der Waals surface area contributed by atoms with Gasteiger partial charge in [0.2, 0.25) is 0 Å². The summed E-state index contributed by atoms with van der Waals surface area (Å²) in [5.74, 6) is -5.70. The van der Waals surface area contributed by atoms with Crippen LogP contribution in [-0.2, 0) is 28.9 Å². The van der Waals surface area contributed by atoms with Gasteiger partial charge in [0.05, 0.1) is 22.3 Å². The fourth-order valence-electron chi connectivity index (χ4n) is 0.757. The second kappa shape index (κ2) is 8.69. The molecule has 2 atom stereocenters. The monoisotopic (exact) mass is 250 g/mol. The standard InChI is InChI=1S/C11H18O6/c1-4-16-17-11(14)5-10(8(2)6-12)7-15-9(3)13/h6,8,10H,4-5,7H2,1-3H3/i5D2,7D2. The largest absolute Gasteiger partial charge is 0.466 e. The van der Waals surface area contributed by atoms with Gasteiger partial charge in [0.25, 0.3) is 0 Å². The number of hydrogen-bond donors (Lipinski definition) is 0. The van der Waals surface area contributed by atoms with Crippen molar-refractivity contribution in [1.82, 2.24) is 0 Å². The molecule has 2 unspecified atom stereocenters. The van der Waals surface area contributed by atoms with E-state index in [4.69, 9.17) is 5.48 Å². The fraction of sp³-hybridized carbons (Fsp3) is 0.727. The van der Waals surface area contributed by atoms with Crippen LogP contribution in [0.3, 0.4) is 0 Å². The molecular weight excluding hydrogens is 228 g/mol. The molecule has 0 saturated carbocycles. The van der Waals surface area contributed by atoms with Gasteiger partial charge in [0, 0.05) is 21.5 Å². The van der Waals surface area contributed by atoms with Gasteiger partial charge >= 0.3 is 11.9 Å². The van der Waals surface area contributed by atoms with E-state index in [1.807, 2.05) is 0 Å². The zero-order valence-corrected chi connectivity index (χ0v) is 9.89. The van der Waals surface area contributed by atoms with Crippen molar-refractivity contribution in [3.63, 3.8) is 0 Å². The Morgan fingerprint density at radius 2 is 2.12 bits per heavy atom. The Balaban J connectivity index is 5.54. The van der Waals surface area contributed by atoms with E-state index in [0.29, 0.717) is 0 Å². The number of aldehydes is 1. The zero-order chi connectivity index (χ0) is 16.8. The van der Waals surface area contributed by atoms with Crippen molar-refractivity contribution in [2.45, 2.75) is 27.1 Å². The Kier molecular flexibility index (Phi) is 4.90. The molecule has 0 heterocycles. The number of carbonyl (C=O) groups excluding carboxylic acids is 3. The third kappa shape index (κ3) is 7.46. The molecule has 0 bridgehead atoms. The molecule has 0 rings (SSSR count). The van der Waals surface area contributed by atoms with E-state index in [1.54, 1.807) is 0 Å². The van der Waals surface area contributed by atoms with Crippen LogP contribution in [0.15, 0.2) is 0 Å². The molecule has 0 aliphatic carbocycles. The molecule has 0 aromatic carbocycles. The number of esters is 1. The average Bonchev–Trinajstić information content (AvgIpc) is 2.33. The van der Waals surface area contributed by atoms with E-state index in [-0.39, 0.29) is 12.9 Å². The van der Waals surface area contributed by atoms with Gasteiger partial charge in [0.15, 0.2) is 0 Å². The second-order valence-corrected chi connectivity index (χ2v) is 3.11. The lowest BCUT2D eigenvalue weighted by Gasteiger charge is -2.17. The summed E-state index contributed by atoms with van der Waals surface area (Å²) in [6.07, 6.45) is -2.69. The van der Waals surface area contributed by atoms with Crippen molar-refractivity contribution < 1.29 is 34.4 Å². The molecule has 6 heteroatoms. The Morgan fingerprint density at radius 1 is 1.47 bits per heavy atom. The van der Waals surface area contributed by atoms with Gasteiger partial charge in [-0.2, -0.15) is 4.89 Å². The van der Waals surface area contributed by atoms with Crippen molar-refractivity contribution in [3.8, 4) is 0 Å². The van der Waals surface area contributed by atoms with Gasteiger partial charge in [-0.05, 0) is 6.92 Å². The van der Waals surface area contributed by atoms with Crippen molar-refractivity contribution in [3.05, 3.63) is 0 Å². The number of rotatable bonds is 8. The predicted octanol–water partition coefficient (Wildman–Crippen LogP) is 0.886. The summed E-state index contributed by atoms with van der Waals surface area (Å²) in [6, 6.07) is 0. The summed E-state index contributed by atoms with van der Waals surface area (Å²) in [4.78, 5) is 42.0. The molecule has 0 aromatic rings. The highest BCUT2D eigenvalue weighted by atomic mass is 17.2. The first-order valence-electron chi connectivity index (χ1n) is 6.99. The van der Waals surface area contributed by atoms with Crippen LogP contribution in [0.1, 0.15) is 32.6 Å². The molecule has 0 radical (unpaired) electrons. The molecule has 0 spiro atoms. The molecule has 17 heavy (non-hydrogen) atoms. The molecular formula is C11H18O6. The highest BCUT2D eigenvalue weighted by Gasteiger charge is 2.23. The lowest BCUT2D eigenvalue weighted by Crippen LogP contribution is -2.24. The Morgan fingerprint density at radius 3 is 2.59 bits per heavy atom. The minimum atomic E-state index is -2.95. The van der Waals surface area contributed by atoms with Crippen LogP contribution in [0.5, 0.6) is 0 Å². The molecule has 0 aromatic heterocycles. The van der Waals surface area contributed by atoms with E-state index >= 15 is 0 Å². The Hall–Kier alpha value is -1.43. The molecule has 0 amide bonds. The Bertz CT molecular complexity index is 398. The van der Waals surface area contributed by atoms with Crippen molar-refractivity contribution in [1.29, 1.82) is 0 Å². The summed E-state index contributed by atoms with van der Waals surface area (Å²) in [5.41, 5.74) is 0. The van der Waals surface area contributed by atoms with Crippen LogP contribution in [-0.4, -0.2) is 31.4 Å².